The third kappa shape index (κ3) is 3.38. The van der Waals surface area contributed by atoms with Crippen LogP contribution in [0.15, 0.2) is 60.8 Å². The van der Waals surface area contributed by atoms with E-state index >= 15 is 0 Å². The van der Waals surface area contributed by atoms with Crippen LogP contribution in [0.5, 0.6) is 0 Å². The molecule has 0 atom stereocenters. The number of fused-ring (bicyclic) bond motifs is 2. The molecule has 0 saturated carbocycles. The fraction of sp³-hybridized carbons (Fsp3) is 0.0476. The summed E-state index contributed by atoms with van der Waals surface area (Å²) in [6, 6.07) is 16.0. The zero-order valence-electron chi connectivity index (χ0n) is 16.1. The first-order valence-corrected chi connectivity index (χ1v) is 10.1. The summed E-state index contributed by atoms with van der Waals surface area (Å²) >= 11 is 1.18. The minimum atomic E-state index is -0.462. The molecule has 152 valence electrons. The highest BCUT2D eigenvalue weighted by molar-refractivity contribution is 7.22. The molecule has 0 spiro atoms. The van der Waals surface area contributed by atoms with Gasteiger partial charge < -0.3 is 0 Å². The third-order valence-electron chi connectivity index (χ3n) is 4.86. The lowest BCUT2D eigenvalue weighted by Gasteiger charge is -2.06. The standard InChI is InChI=1S/C21H14N6O3S/c1-12-15(11-22-26(12)19-9-6-13-4-2-3-5-16(13)23-19)20(28)25-21-24-17-8-7-14(27(29)30)10-18(17)31-21/h2-11H,1H3,(H,24,25,28). The summed E-state index contributed by atoms with van der Waals surface area (Å²) in [6.07, 6.45) is 1.49. The topological polar surface area (TPSA) is 116 Å². The SMILES string of the molecule is Cc1c(C(=O)Nc2nc3ccc([N+](=O)[O-])cc3s2)cnn1-c1ccc2ccccc2n1. The van der Waals surface area contributed by atoms with E-state index in [1.165, 1.54) is 29.7 Å². The molecule has 2 aromatic carbocycles. The number of nitro benzene ring substituents is 1. The Bertz CT molecular complexity index is 1490. The molecule has 5 aromatic rings. The van der Waals surface area contributed by atoms with Crippen molar-refractivity contribution in [3.8, 4) is 5.82 Å². The maximum atomic E-state index is 12.8. The van der Waals surface area contributed by atoms with Crippen LogP contribution in [-0.4, -0.2) is 30.6 Å². The van der Waals surface area contributed by atoms with Crippen molar-refractivity contribution in [1.29, 1.82) is 0 Å². The Morgan fingerprint density at radius 2 is 1.94 bits per heavy atom. The Labute approximate surface area is 179 Å². The van der Waals surface area contributed by atoms with Crippen molar-refractivity contribution in [2.24, 2.45) is 0 Å². The number of thiazole rings is 1. The lowest BCUT2D eigenvalue weighted by atomic mass is 10.2. The summed E-state index contributed by atoms with van der Waals surface area (Å²) in [7, 11) is 0. The number of carbonyl (C=O) groups is 1. The highest BCUT2D eigenvalue weighted by Crippen LogP contribution is 2.29. The number of benzene rings is 2. The Hall–Kier alpha value is -4.18. The van der Waals surface area contributed by atoms with Crippen LogP contribution in [0.3, 0.4) is 0 Å². The number of anilines is 1. The molecule has 0 unspecified atom stereocenters. The molecular formula is C21H14N6O3S. The minimum absolute atomic E-state index is 0.0194. The highest BCUT2D eigenvalue weighted by Gasteiger charge is 2.18. The largest absolute Gasteiger partial charge is 0.298 e. The van der Waals surface area contributed by atoms with Gasteiger partial charge in [-0.1, -0.05) is 29.5 Å². The van der Waals surface area contributed by atoms with Crippen LogP contribution in [-0.2, 0) is 0 Å². The predicted octanol–water partition coefficient (Wildman–Crippen LogP) is 4.50. The number of amides is 1. The molecule has 0 aliphatic rings. The number of aromatic nitrogens is 4. The van der Waals surface area contributed by atoms with Gasteiger partial charge in [-0.2, -0.15) is 5.10 Å². The quantitative estimate of drug-likeness (QED) is 0.331. The minimum Gasteiger partial charge on any atom is -0.298 e. The van der Waals surface area contributed by atoms with E-state index in [1.807, 2.05) is 36.4 Å². The molecule has 5 rings (SSSR count). The molecule has 0 aliphatic carbocycles. The van der Waals surface area contributed by atoms with Crippen molar-refractivity contribution in [3.63, 3.8) is 0 Å². The number of carbonyl (C=O) groups excluding carboxylic acids is 1. The van der Waals surface area contributed by atoms with Crippen LogP contribution in [0.1, 0.15) is 16.1 Å². The molecule has 1 amide bonds. The van der Waals surface area contributed by atoms with Gasteiger partial charge in [0, 0.05) is 17.5 Å². The number of rotatable bonds is 4. The Kier molecular flexibility index (Phi) is 4.41. The third-order valence-corrected chi connectivity index (χ3v) is 5.79. The molecule has 1 N–H and O–H groups in total. The summed E-state index contributed by atoms with van der Waals surface area (Å²) < 4.78 is 2.24. The maximum absolute atomic E-state index is 12.8. The van der Waals surface area contributed by atoms with E-state index < -0.39 is 4.92 Å². The second-order valence-electron chi connectivity index (χ2n) is 6.80. The molecule has 0 aliphatic heterocycles. The lowest BCUT2D eigenvalue weighted by Crippen LogP contribution is -2.13. The Balaban J connectivity index is 1.43. The fourth-order valence-corrected chi connectivity index (χ4v) is 4.18. The van der Waals surface area contributed by atoms with E-state index in [9.17, 15) is 14.9 Å². The summed E-state index contributed by atoms with van der Waals surface area (Å²) in [6.45, 7) is 1.79. The van der Waals surface area contributed by atoms with Crippen LogP contribution < -0.4 is 5.32 Å². The van der Waals surface area contributed by atoms with Gasteiger partial charge in [-0.25, -0.2) is 14.6 Å². The van der Waals surface area contributed by atoms with Gasteiger partial charge in [-0.15, -0.1) is 0 Å². The van der Waals surface area contributed by atoms with Gasteiger partial charge in [0.1, 0.15) is 0 Å². The maximum Gasteiger partial charge on any atom is 0.270 e. The zero-order chi connectivity index (χ0) is 21.5. The van der Waals surface area contributed by atoms with Crippen molar-refractivity contribution in [3.05, 3.63) is 82.2 Å². The first kappa shape index (κ1) is 18.8. The summed E-state index contributed by atoms with van der Waals surface area (Å²) in [4.78, 5) is 32.3. The van der Waals surface area contributed by atoms with Gasteiger partial charge in [0.25, 0.3) is 11.6 Å². The fourth-order valence-electron chi connectivity index (χ4n) is 3.28. The second-order valence-corrected chi connectivity index (χ2v) is 7.83. The van der Waals surface area contributed by atoms with Gasteiger partial charge in [0.05, 0.1) is 38.1 Å². The van der Waals surface area contributed by atoms with E-state index in [2.05, 4.69) is 20.4 Å². The molecule has 0 bridgehead atoms. The first-order chi connectivity index (χ1) is 15.0. The molecule has 10 heteroatoms. The van der Waals surface area contributed by atoms with E-state index in [0.29, 0.717) is 32.4 Å². The number of nitrogens with one attached hydrogen (secondary N) is 1. The first-order valence-electron chi connectivity index (χ1n) is 9.27. The number of hydrogen-bond acceptors (Lipinski definition) is 7. The molecule has 0 saturated heterocycles. The number of hydrogen-bond donors (Lipinski definition) is 1. The highest BCUT2D eigenvalue weighted by atomic mass is 32.1. The summed E-state index contributed by atoms with van der Waals surface area (Å²) in [5.74, 6) is 0.251. The average Bonchev–Trinajstić information content (AvgIpc) is 3.35. The van der Waals surface area contributed by atoms with Gasteiger partial charge >= 0.3 is 0 Å². The van der Waals surface area contributed by atoms with Crippen molar-refractivity contribution < 1.29 is 9.72 Å². The Morgan fingerprint density at radius 1 is 1.10 bits per heavy atom. The van der Waals surface area contributed by atoms with Gasteiger partial charge in [0.15, 0.2) is 10.9 Å². The summed E-state index contributed by atoms with van der Waals surface area (Å²) in [5.41, 5.74) is 2.43. The van der Waals surface area contributed by atoms with Crippen LogP contribution in [0.25, 0.3) is 26.9 Å². The van der Waals surface area contributed by atoms with E-state index in [0.717, 1.165) is 10.9 Å². The van der Waals surface area contributed by atoms with Crippen molar-refractivity contribution in [1.82, 2.24) is 19.7 Å². The number of non-ortho nitro benzene ring substituents is 1. The monoisotopic (exact) mass is 430 g/mol. The van der Waals surface area contributed by atoms with E-state index in [-0.39, 0.29) is 11.6 Å². The molecule has 0 radical (unpaired) electrons. The van der Waals surface area contributed by atoms with Crippen LogP contribution in [0.2, 0.25) is 0 Å². The lowest BCUT2D eigenvalue weighted by molar-refractivity contribution is -0.384. The van der Waals surface area contributed by atoms with Crippen LogP contribution >= 0.6 is 11.3 Å². The molecular weight excluding hydrogens is 416 g/mol. The number of para-hydroxylation sites is 1. The summed E-state index contributed by atoms with van der Waals surface area (Å²) in [5, 5.41) is 19.4. The van der Waals surface area contributed by atoms with Gasteiger partial charge in [0.2, 0.25) is 0 Å². The normalized spacial score (nSPS) is 11.1. The number of pyridine rings is 1. The average molecular weight is 430 g/mol. The second kappa shape index (κ2) is 7.26. The van der Waals surface area contributed by atoms with Crippen LogP contribution in [0, 0.1) is 17.0 Å². The Morgan fingerprint density at radius 3 is 2.77 bits per heavy atom. The van der Waals surface area contributed by atoms with Crippen molar-refractivity contribution in [2.75, 3.05) is 5.32 Å². The predicted molar refractivity (Wildman–Crippen MR) is 118 cm³/mol. The smallest absolute Gasteiger partial charge is 0.270 e. The number of nitro groups is 1. The van der Waals surface area contributed by atoms with Crippen molar-refractivity contribution in [2.45, 2.75) is 6.92 Å². The van der Waals surface area contributed by atoms with Gasteiger partial charge in [-0.3, -0.25) is 20.2 Å². The van der Waals surface area contributed by atoms with Gasteiger partial charge in [-0.05, 0) is 31.2 Å². The van der Waals surface area contributed by atoms with E-state index in [4.69, 9.17) is 0 Å². The molecule has 3 aromatic heterocycles. The van der Waals surface area contributed by atoms with Crippen molar-refractivity contribution >= 4 is 49.2 Å². The molecule has 31 heavy (non-hydrogen) atoms. The van der Waals surface area contributed by atoms with Crippen LogP contribution in [0.4, 0.5) is 10.8 Å². The molecule has 3 heterocycles. The number of nitrogens with zero attached hydrogens (tertiary/aromatic N) is 5. The molecule has 0 fully saturated rings. The zero-order valence-corrected chi connectivity index (χ0v) is 17.0. The molecule has 9 nitrogen and oxygen atoms in total. The van der Waals surface area contributed by atoms with E-state index in [1.54, 1.807) is 17.7 Å².